The topological polar surface area (TPSA) is 71.1 Å². The number of nitrogens with one attached hydrogen (secondary N) is 3. The smallest absolute Gasteiger partial charge is 0.229 e. The minimum Gasteiger partial charge on any atom is -0.496 e. The Bertz CT molecular complexity index is 690. The molecule has 2 aromatic rings. The maximum absolute atomic E-state index is 5.51. The van der Waals surface area contributed by atoms with Crippen molar-refractivity contribution in [2.75, 3.05) is 31.8 Å². The fourth-order valence-electron chi connectivity index (χ4n) is 2.68. The van der Waals surface area contributed by atoms with Gasteiger partial charge < -0.3 is 20.7 Å². The zero-order chi connectivity index (χ0) is 18.2. The molecule has 6 nitrogen and oxygen atoms in total. The predicted octanol–water partition coefficient (Wildman–Crippen LogP) is 3.51. The third kappa shape index (κ3) is 5.60. The van der Waals surface area contributed by atoms with E-state index in [0.717, 1.165) is 42.2 Å². The monoisotopic (exact) mass is 343 g/mol. The van der Waals surface area contributed by atoms with Crippen LogP contribution < -0.4 is 20.7 Å². The van der Waals surface area contributed by atoms with Gasteiger partial charge >= 0.3 is 0 Å². The molecule has 0 spiro atoms. The van der Waals surface area contributed by atoms with Gasteiger partial charge in [0.15, 0.2) is 0 Å². The highest BCUT2D eigenvalue weighted by Crippen LogP contribution is 2.26. The average molecular weight is 343 g/mol. The largest absolute Gasteiger partial charge is 0.496 e. The molecule has 0 amide bonds. The first-order valence-electron chi connectivity index (χ1n) is 8.70. The third-order valence-corrected chi connectivity index (χ3v) is 4.22. The summed E-state index contributed by atoms with van der Waals surface area (Å²) in [5.41, 5.74) is 3.07. The first-order valence-corrected chi connectivity index (χ1v) is 8.70. The second-order valence-corrected chi connectivity index (χ2v) is 6.20. The van der Waals surface area contributed by atoms with Crippen molar-refractivity contribution < 1.29 is 4.74 Å². The molecule has 0 saturated heterocycles. The normalized spacial score (nSPS) is 11.9. The van der Waals surface area contributed by atoms with Gasteiger partial charge in [-0.15, -0.1) is 0 Å². The van der Waals surface area contributed by atoms with Crippen molar-refractivity contribution in [3.05, 3.63) is 35.5 Å². The number of nitrogens with zero attached hydrogens (tertiary/aromatic N) is 2. The molecular weight excluding hydrogens is 314 g/mol. The Balaban J connectivity index is 2.13. The van der Waals surface area contributed by atoms with E-state index >= 15 is 0 Å². The minimum absolute atomic E-state index is 0.521. The Morgan fingerprint density at radius 1 is 1.16 bits per heavy atom. The molecule has 6 heteroatoms. The van der Waals surface area contributed by atoms with Crippen LogP contribution in [0.15, 0.2) is 24.3 Å². The number of aromatic nitrogens is 2. The van der Waals surface area contributed by atoms with Gasteiger partial charge in [-0.05, 0) is 63.9 Å². The molecule has 0 bridgehead atoms. The molecule has 2 rings (SSSR count). The summed E-state index contributed by atoms with van der Waals surface area (Å²) in [6, 6.07) is 8.53. The molecule has 136 valence electrons. The first kappa shape index (κ1) is 19.0. The first-order chi connectivity index (χ1) is 12.0. The predicted molar refractivity (Wildman–Crippen MR) is 104 cm³/mol. The summed E-state index contributed by atoms with van der Waals surface area (Å²) in [4.78, 5) is 8.89. The van der Waals surface area contributed by atoms with Gasteiger partial charge in [0.1, 0.15) is 11.6 Å². The lowest BCUT2D eigenvalue weighted by molar-refractivity contribution is 0.408. The van der Waals surface area contributed by atoms with Gasteiger partial charge in [0, 0.05) is 30.5 Å². The average Bonchev–Trinajstić information content (AvgIpc) is 2.61. The molecule has 3 N–H and O–H groups in total. The van der Waals surface area contributed by atoms with Crippen molar-refractivity contribution in [1.82, 2.24) is 15.3 Å². The van der Waals surface area contributed by atoms with Crippen LogP contribution in [-0.2, 0) is 6.42 Å². The van der Waals surface area contributed by atoms with Crippen molar-refractivity contribution in [3.63, 3.8) is 0 Å². The molecule has 1 aromatic carbocycles. The number of hydrogen-bond donors (Lipinski definition) is 3. The van der Waals surface area contributed by atoms with Crippen molar-refractivity contribution in [2.24, 2.45) is 0 Å². The summed E-state index contributed by atoms with van der Waals surface area (Å²) in [5.74, 6) is 2.30. The molecule has 25 heavy (non-hydrogen) atoms. The molecule has 0 saturated carbocycles. The highest BCUT2D eigenvalue weighted by atomic mass is 16.5. The number of ether oxygens (including phenoxy) is 1. The van der Waals surface area contributed by atoms with Crippen LogP contribution in [0.25, 0.3) is 0 Å². The molecular formula is C19H29N5O. The van der Waals surface area contributed by atoms with Crippen LogP contribution in [0.5, 0.6) is 5.75 Å². The number of benzene rings is 1. The Morgan fingerprint density at radius 2 is 1.96 bits per heavy atom. The summed E-state index contributed by atoms with van der Waals surface area (Å²) in [6.45, 7) is 4.15. The molecule has 0 aliphatic rings. The Labute approximate surface area is 150 Å². The molecule has 0 radical (unpaired) electrons. The van der Waals surface area contributed by atoms with E-state index in [0.29, 0.717) is 12.0 Å². The Hall–Kier alpha value is -2.34. The molecule has 1 heterocycles. The van der Waals surface area contributed by atoms with Crippen LogP contribution in [-0.4, -0.2) is 37.2 Å². The van der Waals surface area contributed by atoms with Crippen LogP contribution in [0.3, 0.4) is 0 Å². The van der Waals surface area contributed by atoms with Crippen molar-refractivity contribution >= 4 is 17.5 Å². The minimum atomic E-state index is 0.521. The number of hydrogen-bond acceptors (Lipinski definition) is 6. The lowest BCUT2D eigenvalue weighted by Gasteiger charge is -2.14. The summed E-state index contributed by atoms with van der Waals surface area (Å²) in [6.07, 6.45) is 3.21. The summed E-state index contributed by atoms with van der Waals surface area (Å²) in [7, 11) is 5.56. The Morgan fingerprint density at radius 3 is 2.64 bits per heavy atom. The van der Waals surface area contributed by atoms with Crippen molar-refractivity contribution in [1.29, 1.82) is 0 Å². The van der Waals surface area contributed by atoms with Crippen molar-refractivity contribution in [2.45, 2.75) is 39.2 Å². The molecule has 0 unspecified atom stereocenters. The van der Waals surface area contributed by atoms with E-state index in [4.69, 9.17) is 4.74 Å². The fraction of sp³-hybridized carbons (Fsp3) is 0.474. The third-order valence-electron chi connectivity index (χ3n) is 4.22. The van der Waals surface area contributed by atoms with E-state index in [9.17, 15) is 0 Å². The second-order valence-electron chi connectivity index (χ2n) is 6.20. The maximum atomic E-state index is 5.51. The molecule has 0 aliphatic heterocycles. The van der Waals surface area contributed by atoms with Crippen LogP contribution in [0.2, 0.25) is 0 Å². The van der Waals surface area contributed by atoms with E-state index in [-0.39, 0.29) is 0 Å². The van der Waals surface area contributed by atoms with Gasteiger partial charge in [0.05, 0.1) is 7.11 Å². The fourth-order valence-corrected chi connectivity index (χ4v) is 2.68. The van der Waals surface area contributed by atoms with Gasteiger partial charge in [0.25, 0.3) is 0 Å². The highest BCUT2D eigenvalue weighted by Gasteiger charge is 2.08. The SMILES string of the molecule is CNc1cc(C)nc(Nc2ccc(OC)c(CCC[C@H](C)NC)c2)n1. The lowest BCUT2D eigenvalue weighted by atomic mass is 10.0. The quantitative estimate of drug-likeness (QED) is 0.647. The van der Waals surface area contributed by atoms with Crippen LogP contribution in [0.4, 0.5) is 17.5 Å². The van der Waals surface area contributed by atoms with Gasteiger partial charge in [-0.2, -0.15) is 4.98 Å². The number of anilines is 3. The van der Waals surface area contributed by atoms with E-state index in [1.807, 2.05) is 39.2 Å². The summed E-state index contributed by atoms with van der Waals surface area (Å²) >= 11 is 0. The van der Waals surface area contributed by atoms with E-state index in [1.165, 1.54) is 5.56 Å². The highest BCUT2D eigenvalue weighted by molar-refractivity contribution is 5.58. The summed E-state index contributed by atoms with van der Waals surface area (Å²) < 4.78 is 5.51. The Kier molecular flexibility index (Phi) is 7.01. The molecule has 0 fully saturated rings. The standard InChI is InChI=1S/C19H29N5O/c1-13(20-3)7-6-8-15-12-16(9-10-17(15)25-5)23-19-22-14(2)11-18(21-4)24-19/h9-13,20H,6-8H2,1-5H3,(H2,21,22,23,24)/t13-/m0/s1. The lowest BCUT2D eigenvalue weighted by Crippen LogP contribution is -2.20. The van der Waals surface area contributed by atoms with Crippen LogP contribution >= 0.6 is 0 Å². The van der Waals surface area contributed by atoms with Crippen molar-refractivity contribution in [3.8, 4) is 5.75 Å². The van der Waals surface area contributed by atoms with Crippen LogP contribution in [0, 0.1) is 6.92 Å². The van der Waals surface area contributed by atoms with Gasteiger partial charge in [-0.1, -0.05) is 0 Å². The maximum Gasteiger partial charge on any atom is 0.229 e. The zero-order valence-electron chi connectivity index (χ0n) is 15.8. The second kappa shape index (κ2) is 9.22. The van der Waals surface area contributed by atoms with E-state index in [2.05, 4.69) is 38.9 Å². The van der Waals surface area contributed by atoms with Crippen LogP contribution in [0.1, 0.15) is 31.0 Å². The van der Waals surface area contributed by atoms with E-state index < -0.39 is 0 Å². The summed E-state index contributed by atoms with van der Waals surface area (Å²) in [5, 5.41) is 9.62. The zero-order valence-corrected chi connectivity index (χ0v) is 15.8. The number of rotatable bonds is 9. The molecule has 1 atom stereocenters. The van der Waals surface area contributed by atoms with Gasteiger partial charge in [0.2, 0.25) is 5.95 Å². The van der Waals surface area contributed by atoms with Gasteiger partial charge in [-0.25, -0.2) is 4.98 Å². The molecule has 1 aromatic heterocycles. The number of aryl methyl sites for hydroxylation is 2. The van der Waals surface area contributed by atoms with Gasteiger partial charge in [-0.3, -0.25) is 0 Å². The number of methoxy groups -OCH3 is 1. The molecule has 0 aliphatic carbocycles. The van der Waals surface area contributed by atoms with E-state index in [1.54, 1.807) is 7.11 Å².